The third kappa shape index (κ3) is 4.20. The van der Waals surface area contributed by atoms with Crippen LogP contribution in [0, 0.1) is 17.2 Å². The summed E-state index contributed by atoms with van der Waals surface area (Å²) in [7, 11) is -3.82. The van der Waals surface area contributed by atoms with Crippen molar-refractivity contribution in [3.05, 3.63) is 28.8 Å². The Bertz CT molecular complexity index is 652. The number of carboxylic acid groups (broad SMARTS) is 1. The molecule has 0 saturated carbocycles. The van der Waals surface area contributed by atoms with Crippen molar-refractivity contribution >= 4 is 27.6 Å². The molecule has 0 spiro atoms. The molecule has 1 rings (SSSR count). The van der Waals surface area contributed by atoms with Gasteiger partial charge in [0.2, 0.25) is 10.0 Å². The highest BCUT2D eigenvalue weighted by molar-refractivity contribution is 7.89. The summed E-state index contributed by atoms with van der Waals surface area (Å²) in [4.78, 5) is 10.5. The number of nitriles is 1. The predicted octanol–water partition coefficient (Wildman–Crippen LogP) is 1.60. The maximum absolute atomic E-state index is 12.0. The minimum absolute atomic E-state index is 0.00781. The Hall–Kier alpha value is -1.62. The van der Waals surface area contributed by atoms with Gasteiger partial charge >= 0.3 is 5.97 Å². The summed E-state index contributed by atoms with van der Waals surface area (Å²) >= 11 is 5.82. The number of sulfonamides is 1. The normalized spacial score (nSPS) is 12.7. The van der Waals surface area contributed by atoms with Crippen LogP contribution in [0.5, 0.6) is 0 Å². The molecule has 0 amide bonds. The first-order chi connectivity index (χ1) is 9.27. The van der Waals surface area contributed by atoms with E-state index in [2.05, 4.69) is 4.72 Å². The van der Waals surface area contributed by atoms with Crippen molar-refractivity contribution in [1.82, 2.24) is 4.72 Å². The number of hydrogen-bond acceptors (Lipinski definition) is 4. The molecule has 0 bridgehead atoms. The minimum atomic E-state index is -3.82. The van der Waals surface area contributed by atoms with Crippen LogP contribution in [-0.4, -0.2) is 26.0 Å². The summed E-state index contributed by atoms with van der Waals surface area (Å²) in [6.45, 7) is 1.48. The fourth-order valence-electron chi connectivity index (χ4n) is 1.40. The zero-order valence-corrected chi connectivity index (χ0v) is 12.2. The van der Waals surface area contributed by atoms with Crippen molar-refractivity contribution in [3.8, 4) is 6.07 Å². The van der Waals surface area contributed by atoms with Crippen LogP contribution in [0.3, 0.4) is 0 Å². The summed E-state index contributed by atoms with van der Waals surface area (Å²) in [5, 5.41) is 17.3. The Balaban J connectivity index is 2.80. The summed E-state index contributed by atoms with van der Waals surface area (Å²) in [5.74, 6) is -1.63. The third-order valence-electron chi connectivity index (χ3n) is 2.64. The van der Waals surface area contributed by atoms with Crippen LogP contribution in [0.15, 0.2) is 23.1 Å². The molecular formula is C12H13ClN2O4S. The number of carboxylic acids is 1. The second-order valence-corrected chi connectivity index (χ2v) is 6.33. The highest BCUT2D eigenvalue weighted by Gasteiger charge is 2.19. The van der Waals surface area contributed by atoms with E-state index in [4.69, 9.17) is 22.0 Å². The second-order valence-electron chi connectivity index (χ2n) is 4.18. The number of nitrogens with zero attached hydrogens (tertiary/aromatic N) is 1. The average molecular weight is 317 g/mol. The highest BCUT2D eigenvalue weighted by atomic mass is 35.5. The Labute approximate surface area is 122 Å². The first kappa shape index (κ1) is 16.4. The number of rotatable bonds is 6. The van der Waals surface area contributed by atoms with Gasteiger partial charge in [0, 0.05) is 6.54 Å². The van der Waals surface area contributed by atoms with E-state index >= 15 is 0 Å². The molecule has 0 radical (unpaired) electrons. The lowest BCUT2D eigenvalue weighted by molar-refractivity contribution is -0.141. The first-order valence-electron chi connectivity index (χ1n) is 5.70. The molecule has 6 nitrogen and oxygen atoms in total. The zero-order chi connectivity index (χ0) is 15.3. The number of hydrogen-bond donors (Lipinski definition) is 2. The molecule has 0 heterocycles. The molecule has 1 aromatic carbocycles. The molecule has 0 aliphatic rings. The topological polar surface area (TPSA) is 107 Å². The largest absolute Gasteiger partial charge is 0.481 e. The fraction of sp³-hybridized carbons (Fsp3) is 0.333. The minimum Gasteiger partial charge on any atom is -0.481 e. The lowest BCUT2D eigenvalue weighted by atomic mass is 10.1. The van der Waals surface area contributed by atoms with Gasteiger partial charge in [0.1, 0.15) is 4.90 Å². The summed E-state index contributed by atoms with van der Waals surface area (Å²) in [6.07, 6.45) is 0.169. The van der Waals surface area contributed by atoms with E-state index in [1.54, 1.807) is 0 Å². The van der Waals surface area contributed by atoms with Crippen LogP contribution in [-0.2, 0) is 14.8 Å². The Kier molecular flexibility index (Phi) is 5.51. The van der Waals surface area contributed by atoms with E-state index in [0.29, 0.717) is 0 Å². The first-order valence-corrected chi connectivity index (χ1v) is 7.56. The number of benzene rings is 1. The number of nitrogens with one attached hydrogen (secondary N) is 1. The van der Waals surface area contributed by atoms with E-state index in [9.17, 15) is 13.2 Å². The maximum atomic E-state index is 12.0. The van der Waals surface area contributed by atoms with E-state index < -0.39 is 21.9 Å². The van der Waals surface area contributed by atoms with Gasteiger partial charge in [-0.1, -0.05) is 18.5 Å². The van der Waals surface area contributed by atoms with Gasteiger partial charge in [-0.05, 0) is 24.6 Å². The molecule has 0 aliphatic carbocycles. The van der Waals surface area contributed by atoms with Gasteiger partial charge in [-0.15, -0.1) is 0 Å². The quantitative estimate of drug-likeness (QED) is 0.829. The van der Waals surface area contributed by atoms with Gasteiger partial charge in [-0.25, -0.2) is 13.1 Å². The molecule has 0 aromatic heterocycles. The number of carbonyl (C=O) groups is 1. The van der Waals surface area contributed by atoms with Gasteiger partial charge < -0.3 is 5.11 Å². The van der Waals surface area contributed by atoms with Crippen molar-refractivity contribution in [3.63, 3.8) is 0 Å². The van der Waals surface area contributed by atoms with Crippen LogP contribution >= 0.6 is 11.6 Å². The lowest BCUT2D eigenvalue weighted by Crippen LogP contribution is -2.27. The van der Waals surface area contributed by atoms with E-state index in [0.717, 1.165) is 0 Å². The standard InChI is InChI=1S/C12H13ClN2O4S/c1-8(12(16)17)4-5-15-20(18,19)11-3-2-9(7-14)6-10(11)13/h2-3,6,8,15H,4-5H2,1H3,(H,16,17). The molecule has 2 N–H and O–H groups in total. The van der Waals surface area contributed by atoms with Crippen LogP contribution in [0.1, 0.15) is 18.9 Å². The second kappa shape index (κ2) is 6.70. The van der Waals surface area contributed by atoms with Crippen molar-refractivity contribution < 1.29 is 18.3 Å². The molecule has 0 saturated heterocycles. The van der Waals surface area contributed by atoms with Gasteiger partial charge in [0.05, 0.1) is 22.6 Å². The van der Waals surface area contributed by atoms with E-state index in [-0.39, 0.29) is 28.4 Å². The molecule has 0 aliphatic heterocycles. The van der Waals surface area contributed by atoms with E-state index in [1.165, 1.54) is 25.1 Å². The molecule has 0 fully saturated rings. The summed E-state index contributed by atoms with van der Waals surface area (Å²) in [5.41, 5.74) is 0.258. The Morgan fingerprint density at radius 1 is 1.55 bits per heavy atom. The Morgan fingerprint density at radius 2 is 2.20 bits per heavy atom. The number of aliphatic carboxylic acids is 1. The van der Waals surface area contributed by atoms with Crippen molar-refractivity contribution in [1.29, 1.82) is 5.26 Å². The van der Waals surface area contributed by atoms with Crippen LogP contribution in [0.2, 0.25) is 5.02 Å². The van der Waals surface area contributed by atoms with Crippen LogP contribution in [0.4, 0.5) is 0 Å². The summed E-state index contributed by atoms with van der Waals surface area (Å²) in [6, 6.07) is 5.70. The molecule has 1 aromatic rings. The van der Waals surface area contributed by atoms with Crippen LogP contribution < -0.4 is 4.72 Å². The number of halogens is 1. The van der Waals surface area contributed by atoms with Gasteiger partial charge in [-0.2, -0.15) is 5.26 Å². The average Bonchev–Trinajstić information content (AvgIpc) is 2.37. The Morgan fingerprint density at radius 3 is 2.70 bits per heavy atom. The van der Waals surface area contributed by atoms with Gasteiger partial charge in [-0.3, -0.25) is 4.79 Å². The predicted molar refractivity (Wildman–Crippen MR) is 72.8 cm³/mol. The van der Waals surface area contributed by atoms with Gasteiger partial charge in [0.15, 0.2) is 0 Å². The SMILES string of the molecule is CC(CCNS(=O)(=O)c1ccc(C#N)cc1Cl)C(=O)O. The summed E-state index contributed by atoms with van der Waals surface area (Å²) < 4.78 is 26.2. The van der Waals surface area contributed by atoms with Crippen molar-refractivity contribution in [2.45, 2.75) is 18.2 Å². The zero-order valence-electron chi connectivity index (χ0n) is 10.6. The lowest BCUT2D eigenvalue weighted by Gasteiger charge is -2.10. The van der Waals surface area contributed by atoms with Crippen LogP contribution in [0.25, 0.3) is 0 Å². The van der Waals surface area contributed by atoms with Crippen molar-refractivity contribution in [2.24, 2.45) is 5.92 Å². The fourth-order valence-corrected chi connectivity index (χ4v) is 2.99. The van der Waals surface area contributed by atoms with E-state index in [1.807, 2.05) is 6.07 Å². The molecule has 1 unspecified atom stereocenters. The maximum Gasteiger partial charge on any atom is 0.306 e. The molecule has 8 heteroatoms. The molecule has 20 heavy (non-hydrogen) atoms. The highest BCUT2D eigenvalue weighted by Crippen LogP contribution is 2.22. The third-order valence-corrected chi connectivity index (χ3v) is 4.59. The smallest absolute Gasteiger partial charge is 0.306 e. The van der Waals surface area contributed by atoms with Crippen molar-refractivity contribution in [2.75, 3.05) is 6.54 Å². The monoisotopic (exact) mass is 316 g/mol. The van der Waals surface area contributed by atoms with Gasteiger partial charge in [0.25, 0.3) is 0 Å². The molecule has 108 valence electrons. The molecular weight excluding hydrogens is 304 g/mol. The molecule has 1 atom stereocenters.